The number of nitrogens with one attached hydrogen (secondary N) is 1. The molecule has 1 saturated heterocycles. The Kier molecular flexibility index (Phi) is 4.55. The maximum Gasteiger partial charge on any atom is 0.227 e. The predicted octanol–water partition coefficient (Wildman–Crippen LogP) is 2.01. The summed E-state index contributed by atoms with van der Waals surface area (Å²) in [5.41, 5.74) is 0.532. The summed E-state index contributed by atoms with van der Waals surface area (Å²) < 4.78 is 26.2. The monoisotopic (exact) mass is 296 g/mol. The van der Waals surface area contributed by atoms with E-state index in [0.717, 1.165) is 12.1 Å². The van der Waals surface area contributed by atoms with E-state index in [1.54, 1.807) is 14.0 Å². The molecule has 2 rings (SSSR count). The van der Waals surface area contributed by atoms with Crippen molar-refractivity contribution in [3.8, 4) is 0 Å². The van der Waals surface area contributed by atoms with E-state index in [1.165, 1.54) is 11.0 Å². The van der Waals surface area contributed by atoms with Crippen LogP contribution < -0.4 is 5.32 Å². The molecule has 1 N–H and O–H groups in total. The topological polar surface area (TPSA) is 49.4 Å². The van der Waals surface area contributed by atoms with E-state index >= 15 is 0 Å². The van der Waals surface area contributed by atoms with Gasteiger partial charge in [-0.3, -0.25) is 9.59 Å². The fraction of sp³-hybridized carbons (Fsp3) is 0.467. The zero-order valence-corrected chi connectivity index (χ0v) is 12.0. The van der Waals surface area contributed by atoms with Gasteiger partial charge in [-0.1, -0.05) is 6.07 Å². The second-order valence-corrected chi connectivity index (χ2v) is 5.34. The van der Waals surface area contributed by atoms with Crippen LogP contribution in [0.4, 0.5) is 8.78 Å². The van der Waals surface area contributed by atoms with Crippen molar-refractivity contribution in [1.29, 1.82) is 0 Å². The summed E-state index contributed by atoms with van der Waals surface area (Å²) in [6.07, 6.45) is 0.851. The molecule has 2 atom stereocenters. The highest BCUT2D eigenvalue weighted by molar-refractivity contribution is 5.83. The molecule has 1 aliphatic heterocycles. The first kappa shape index (κ1) is 15.4. The zero-order valence-electron chi connectivity index (χ0n) is 12.0. The molecule has 2 amide bonds. The third-order valence-corrected chi connectivity index (χ3v) is 3.97. The van der Waals surface area contributed by atoms with Gasteiger partial charge in [0.15, 0.2) is 11.6 Å². The van der Waals surface area contributed by atoms with E-state index in [9.17, 15) is 18.4 Å². The average molecular weight is 296 g/mol. The molecule has 0 saturated carbocycles. The van der Waals surface area contributed by atoms with Crippen LogP contribution in [-0.2, 0) is 9.59 Å². The number of piperidine rings is 1. The second-order valence-electron chi connectivity index (χ2n) is 5.34. The summed E-state index contributed by atoms with van der Waals surface area (Å²) in [4.78, 5) is 25.0. The average Bonchev–Trinajstić information content (AvgIpc) is 2.48. The Morgan fingerprint density at radius 1 is 1.38 bits per heavy atom. The van der Waals surface area contributed by atoms with Crippen molar-refractivity contribution in [3.63, 3.8) is 0 Å². The molecule has 0 aliphatic carbocycles. The molecule has 6 heteroatoms. The molecule has 114 valence electrons. The van der Waals surface area contributed by atoms with Gasteiger partial charge in [-0.05, 0) is 31.0 Å². The van der Waals surface area contributed by atoms with Gasteiger partial charge in [-0.2, -0.15) is 0 Å². The van der Waals surface area contributed by atoms with Crippen LogP contribution in [0.3, 0.4) is 0 Å². The van der Waals surface area contributed by atoms with Gasteiger partial charge in [0.2, 0.25) is 11.8 Å². The fourth-order valence-corrected chi connectivity index (χ4v) is 2.42. The number of nitrogens with zero attached hydrogens (tertiary/aromatic N) is 1. The van der Waals surface area contributed by atoms with Gasteiger partial charge in [0.1, 0.15) is 0 Å². The summed E-state index contributed by atoms with van der Waals surface area (Å²) >= 11 is 0. The lowest BCUT2D eigenvalue weighted by Crippen LogP contribution is -2.44. The first-order valence-corrected chi connectivity index (χ1v) is 6.88. The quantitative estimate of drug-likeness (QED) is 0.927. The molecule has 1 fully saturated rings. The third-order valence-electron chi connectivity index (χ3n) is 3.97. The van der Waals surface area contributed by atoms with Gasteiger partial charge in [0, 0.05) is 20.0 Å². The van der Waals surface area contributed by atoms with E-state index in [-0.39, 0.29) is 23.8 Å². The number of carbonyl (C=O) groups is 2. The molecule has 0 radical (unpaired) electrons. The Labute approximate surface area is 122 Å². The predicted molar refractivity (Wildman–Crippen MR) is 73.3 cm³/mol. The van der Waals surface area contributed by atoms with Gasteiger partial charge >= 0.3 is 0 Å². The summed E-state index contributed by atoms with van der Waals surface area (Å²) in [7, 11) is 1.63. The van der Waals surface area contributed by atoms with Crippen LogP contribution in [0, 0.1) is 17.6 Å². The molecule has 21 heavy (non-hydrogen) atoms. The van der Waals surface area contributed by atoms with Crippen LogP contribution in [0.1, 0.15) is 31.4 Å². The number of rotatable bonds is 3. The van der Waals surface area contributed by atoms with Gasteiger partial charge < -0.3 is 10.2 Å². The van der Waals surface area contributed by atoms with E-state index in [2.05, 4.69) is 5.32 Å². The van der Waals surface area contributed by atoms with Crippen molar-refractivity contribution in [2.45, 2.75) is 25.8 Å². The Morgan fingerprint density at radius 3 is 2.67 bits per heavy atom. The van der Waals surface area contributed by atoms with Crippen molar-refractivity contribution < 1.29 is 18.4 Å². The van der Waals surface area contributed by atoms with Crippen molar-refractivity contribution in [2.24, 2.45) is 5.92 Å². The zero-order chi connectivity index (χ0) is 15.6. The van der Waals surface area contributed by atoms with Gasteiger partial charge in [-0.15, -0.1) is 0 Å². The van der Waals surface area contributed by atoms with E-state index < -0.39 is 11.6 Å². The van der Waals surface area contributed by atoms with Gasteiger partial charge in [-0.25, -0.2) is 8.78 Å². The fourth-order valence-electron chi connectivity index (χ4n) is 2.42. The van der Waals surface area contributed by atoms with Crippen LogP contribution in [-0.4, -0.2) is 30.3 Å². The molecule has 2 unspecified atom stereocenters. The molecule has 1 aromatic carbocycles. The lowest BCUT2D eigenvalue weighted by Gasteiger charge is -2.31. The standard InChI is InChI=1S/C15H18F2N2O2/c1-9(10-3-5-12(16)13(17)7-10)19(2)15(21)11-4-6-14(20)18-8-11/h3,5,7,9,11H,4,6,8H2,1-2H3,(H,18,20). The lowest BCUT2D eigenvalue weighted by atomic mass is 9.96. The summed E-state index contributed by atoms with van der Waals surface area (Å²) in [6, 6.07) is 3.26. The molecule has 0 spiro atoms. The highest BCUT2D eigenvalue weighted by atomic mass is 19.2. The van der Waals surface area contributed by atoms with Gasteiger partial charge in [0.05, 0.1) is 12.0 Å². The Hall–Kier alpha value is -1.98. The molecular formula is C15H18F2N2O2. The maximum absolute atomic E-state index is 13.3. The third kappa shape index (κ3) is 3.37. The number of amides is 2. The molecule has 0 aromatic heterocycles. The summed E-state index contributed by atoms with van der Waals surface area (Å²) in [5.74, 6) is -2.25. The van der Waals surface area contributed by atoms with Crippen molar-refractivity contribution in [3.05, 3.63) is 35.4 Å². The SMILES string of the molecule is CC(c1ccc(F)c(F)c1)N(C)C(=O)C1CCC(=O)NC1. The molecule has 1 heterocycles. The van der Waals surface area contributed by atoms with Crippen LogP contribution in [0.15, 0.2) is 18.2 Å². The number of hydrogen-bond acceptors (Lipinski definition) is 2. The van der Waals surface area contributed by atoms with Crippen LogP contribution in [0.25, 0.3) is 0 Å². The smallest absolute Gasteiger partial charge is 0.227 e. The minimum Gasteiger partial charge on any atom is -0.355 e. The Morgan fingerprint density at radius 2 is 2.10 bits per heavy atom. The maximum atomic E-state index is 13.3. The molecular weight excluding hydrogens is 278 g/mol. The number of benzene rings is 1. The van der Waals surface area contributed by atoms with Gasteiger partial charge in [0.25, 0.3) is 0 Å². The Bertz CT molecular complexity index is 553. The van der Waals surface area contributed by atoms with Crippen LogP contribution in [0.2, 0.25) is 0 Å². The normalized spacial score (nSPS) is 19.8. The second kappa shape index (κ2) is 6.20. The minimum atomic E-state index is -0.926. The molecule has 4 nitrogen and oxygen atoms in total. The molecule has 1 aliphatic rings. The van der Waals surface area contributed by atoms with Crippen LogP contribution in [0.5, 0.6) is 0 Å². The number of hydrogen-bond donors (Lipinski definition) is 1. The largest absolute Gasteiger partial charge is 0.355 e. The van der Waals surface area contributed by atoms with Crippen LogP contribution >= 0.6 is 0 Å². The molecule has 0 bridgehead atoms. The lowest BCUT2D eigenvalue weighted by molar-refractivity contribution is -0.138. The number of carbonyl (C=O) groups excluding carboxylic acids is 2. The minimum absolute atomic E-state index is 0.0460. The van der Waals surface area contributed by atoms with E-state index in [1.807, 2.05) is 0 Å². The first-order valence-electron chi connectivity index (χ1n) is 6.88. The van der Waals surface area contributed by atoms with Crippen molar-refractivity contribution in [2.75, 3.05) is 13.6 Å². The molecule has 1 aromatic rings. The first-order chi connectivity index (χ1) is 9.90. The summed E-state index contributed by atoms with van der Waals surface area (Å²) in [6.45, 7) is 2.08. The van der Waals surface area contributed by atoms with Crippen molar-refractivity contribution in [1.82, 2.24) is 10.2 Å². The highest BCUT2D eigenvalue weighted by Crippen LogP contribution is 2.24. The van der Waals surface area contributed by atoms with E-state index in [0.29, 0.717) is 24.9 Å². The number of halogens is 2. The summed E-state index contributed by atoms with van der Waals surface area (Å²) in [5, 5.41) is 2.67. The highest BCUT2D eigenvalue weighted by Gasteiger charge is 2.29. The van der Waals surface area contributed by atoms with Crippen molar-refractivity contribution >= 4 is 11.8 Å². The van der Waals surface area contributed by atoms with E-state index in [4.69, 9.17) is 0 Å². The Balaban J connectivity index is 2.07.